The molecule has 1 atom stereocenters. The van der Waals surface area contributed by atoms with E-state index in [0.29, 0.717) is 38.7 Å². The number of para-hydroxylation sites is 1. The summed E-state index contributed by atoms with van der Waals surface area (Å²) >= 11 is 24.9. The van der Waals surface area contributed by atoms with Gasteiger partial charge in [0.2, 0.25) is 0 Å². The normalized spacial score (nSPS) is 14.6. The van der Waals surface area contributed by atoms with Gasteiger partial charge in [-0.2, -0.15) is 5.10 Å². The first-order valence-electron chi connectivity index (χ1n) is 13.8. The van der Waals surface area contributed by atoms with Gasteiger partial charge >= 0.3 is 0 Å². The summed E-state index contributed by atoms with van der Waals surface area (Å²) in [7, 11) is 1.80. The largest absolute Gasteiger partial charge is 0.369 e. The van der Waals surface area contributed by atoms with Crippen LogP contribution >= 0.6 is 46.4 Å². The van der Waals surface area contributed by atoms with Gasteiger partial charge in [0.15, 0.2) is 0 Å². The topological polar surface area (TPSA) is 57.5 Å². The quantitative estimate of drug-likeness (QED) is 0.186. The molecule has 0 N–H and O–H groups in total. The van der Waals surface area contributed by atoms with E-state index in [1.807, 2.05) is 22.9 Å². The molecular formula is C31H32Cl4N6O. The average molecular weight is 646 g/mol. The number of carbonyl (C=O) groups excluding carboxylic acids is 1. The van der Waals surface area contributed by atoms with Crippen LogP contribution in [0.4, 0.5) is 5.69 Å². The zero-order chi connectivity index (χ0) is 29.6. The fraction of sp³-hybridized carbons (Fsp3) is 0.323. The van der Waals surface area contributed by atoms with Crippen LogP contribution in [0.15, 0.2) is 73.3 Å². The molecule has 11 heteroatoms. The molecule has 5 rings (SSSR count). The molecule has 1 aliphatic rings. The number of piperazine rings is 1. The molecule has 0 saturated carbocycles. The van der Waals surface area contributed by atoms with Crippen molar-refractivity contribution in [3.63, 3.8) is 0 Å². The summed E-state index contributed by atoms with van der Waals surface area (Å²) in [6.45, 7) is 5.85. The summed E-state index contributed by atoms with van der Waals surface area (Å²) in [5.41, 5.74) is 3.98. The Balaban J connectivity index is 1.23. The Morgan fingerprint density at radius 2 is 1.67 bits per heavy atom. The molecule has 1 saturated heterocycles. The minimum absolute atomic E-state index is 0.0600. The van der Waals surface area contributed by atoms with Gasteiger partial charge in [-0.15, -0.1) is 0 Å². The van der Waals surface area contributed by atoms with Gasteiger partial charge in [-0.05, 0) is 60.5 Å². The van der Waals surface area contributed by atoms with Crippen LogP contribution in [0.2, 0.25) is 20.1 Å². The lowest BCUT2D eigenvalue weighted by Gasteiger charge is -2.37. The van der Waals surface area contributed by atoms with E-state index in [0.717, 1.165) is 44.7 Å². The van der Waals surface area contributed by atoms with Crippen LogP contribution in [0.1, 0.15) is 33.8 Å². The van der Waals surface area contributed by atoms with Crippen molar-refractivity contribution in [2.24, 2.45) is 0 Å². The molecule has 0 radical (unpaired) electrons. The van der Waals surface area contributed by atoms with Gasteiger partial charge in [0.25, 0.3) is 5.91 Å². The summed E-state index contributed by atoms with van der Waals surface area (Å²) in [5, 5.41) is 6.15. The van der Waals surface area contributed by atoms with E-state index in [1.165, 1.54) is 11.3 Å². The van der Waals surface area contributed by atoms with Crippen molar-refractivity contribution in [1.82, 2.24) is 24.6 Å². The van der Waals surface area contributed by atoms with E-state index in [9.17, 15) is 4.79 Å². The molecule has 2 heterocycles. The molecule has 7 nitrogen and oxygen atoms in total. The number of anilines is 1. The Kier molecular flexibility index (Phi) is 10.3. The van der Waals surface area contributed by atoms with Gasteiger partial charge in [-0.1, -0.05) is 70.7 Å². The van der Waals surface area contributed by atoms with Gasteiger partial charge in [0.1, 0.15) is 12.7 Å². The second kappa shape index (κ2) is 14.1. The van der Waals surface area contributed by atoms with E-state index in [4.69, 9.17) is 46.4 Å². The number of nitrogens with zero attached hydrogens (tertiary/aromatic N) is 6. The molecule has 0 unspecified atom stereocenters. The Morgan fingerprint density at radius 1 is 0.929 bits per heavy atom. The van der Waals surface area contributed by atoms with Crippen LogP contribution in [0.3, 0.4) is 0 Å². The van der Waals surface area contributed by atoms with Crippen LogP contribution in [-0.4, -0.2) is 76.8 Å². The number of carbonyl (C=O) groups is 1. The standard InChI is InChI=1S/C31H32Cl4N6O/c1-38(31(42)25-14-26(32)17-27(33)15-25)18-23(22-6-7-28(34)29(35)16-22)8-9-39-10-12-40(13-11-39)30-5-3-2-4-24(30)19-41-21-36-20-37-41/h2-7,14-17,20-21,23H,8-13,18-19H2,1H3/t23-/m1/s1. The maximum absolute atomic E-state index is 13.3. The highest BCUT2D eigenvalue weighted by Gasteiger charge is 2.24. The number of benzene rings is 3. The predicted octanol–water partition coefficient (Wildman–Crippen LogP) is 7.01. The summed E-state index contributed by atoms with van der Waals surface area (Å²) in [4.78, 5) is 24.0. The van der Waals surface area contributed by atoms with Crippen molar-refractivity contribution in [3.05, 3.63) is 110 Å². The van der Waals surface area contributed by atoms with Gasteiger partial charge in [-0.3, -0.25) is 9.69 Å². The molecule has 220 valence electrons. The number of hydrogen-bond donors (Lipinski definition) is 0. The zero-order valence-electron chi connectivity index (χ0n) is 23.3. The highest BCUT2D eigenvalue weighted by Crippen LogP contribution is 2.30. The third kappa shape index (κ3) is 7.77. The highest BCUT2D eigenvalue weighted by molar-refractivity contribution is 6.42. The molecule has 1 aliphatic heterocycles. The van der Waals surface area contributed by atoms with Crippen LogP contribution in [-0.2, 0) is 6.54 Å². The first-order valence-corrected chi connectivity index (χ1v) is 15.3. The fourth-order valence-electron chi connectivity index (χ4n) is 5.43. The summed E-state index contributed by atoms with van der Waals surface area (Å²) in [6, 6.07) is 19.1. The Bertz CT molecular complexity index is 1490. The van der Waals surface area contributed by atoms with Crippen molar-refractivity contribution < 1.29 is 4.79 Å². The third-order valence-electron chi connectivity index (χ3n) is 7.66. The molecule has 3 aromatic carbocycles. The SMILES string of the molecule is CN(C[C@@H](CCN1CCN(c2ccccc2Cn2cncn2)CC1)c1ccc(Cl)c(Cl)c1)C(=O)c1cc(Cl)cc(Cl)c1. The first kappa shape index (κ1) is 30.6. The zero-order valence-corrected chi connectivity index (χ0v) is 26.3. The predicted molar refractivity (Wildman–Crippen MR) is 171 cm³/mol. The number of aromatic nitrogens is 3. The molecule has 0 spiro atoms. The minimum atomic E-state index is -0.136. The monoisotopic (exact) mass is 644 g/mol. The lowest BCUT2D eigenvalue weighted by atomic mass is 9.94. The summed E-state index contributed by atoms with van der Waals surface area (Å²) in [5.74, 6) is -0.0764. The second-order valence-electron chi connectivity index (χ2n) is 10.6. The molecule has 1 fully saturated rings. The first-order chi connectivity index (χ1) is 20.3. The van der Waals surface area contributed by atoms with Crippen molar-refractivity contribution in [2.45, 2.75) is 18.9 Å². The molecular weight excluding hydrogens is 614 g/mol. The summed E-state index contributed by atoms with van der Waals surface area (Å²) < 4.78 is 1.85. The van der Waals surface area contributed by atoms with Crippen molar-refractivity contribution in [2.75, 3.05) is 51.2 Å². The van der Waals surface area contributed by atoms with Gasteiger partial charge in [0.05, 0.1) is 16.6 Å². The summed E-state index contributed by atoms with van der Waals surface area (Å²) in [6.07, 6.45) is 4.16. The van der Waals surface area contributed by atoms with E-state index in [2.05, 4.69) is 44.1 Å². The highest BCUT2D eigenvalue weighted by atomic mass is 35.5. The van der Waals surface area contributed by atoms with Crippen LogP contribution < -0.4 is 4.90 Å². The second-order valence-corrected chi connectivity index (χ2v) is 12.2. The molecule has 0 aliphatic carbocycles. The third-order valence-corrected chi connectivity index (χ3v) is 8.84. The molecule has 42 heavy (non-hydrogen) atoms. The van der Waals surface area contributed by atoms with Crippen molar-refractivity contribution in [1.29, 1.82) is 0 Å². The lowest BCUT2D eigenvalue weighted by molar-refractivity contribution is 0.0782. The van der Waals surface area contributed by atoms with Crippen LogP contribution in [0, 0.1) is 0 Å². The number of rotatable bonds is 10. The smallest absolute Gasteiger partial charge is 0.253 e. The van der Waals surface area contributed by atoms with Gasteiger partial charge < -0.3 is 9.80 Å². The Morgan fingerprint density at radius 3 is 2.36 bits per heavy atom. The number of amides is 1. The average Bonchev–Trinajstić information content (AvgIpc) is 3.49. The number of hydrogen-bond acceptors (Lipinski definition) is 5. The van der Waals surface area contributed by atoms with E-state index in [-0.39, 0.29) is 11.8 Å². The maximum atomic E-state index is 13.3. The number of halogens is 4. The molecule has 0 bridgehead atoms. The Hall–Kier alpha value is -2.81. The van der Waals surface area contributed by atoms with Crippen LogP contribution in [0.25, 0.3) is 0 Å². The van der Waals surface area contributed by atoms with E-state index >= 15 is 0 Å². The molecule has 4 aromatic rings. The van der Waals surface area contributed by atoms with Crippen LogP contribution in [0.5, 0.6) is 0 Å². The molecule has 1 aromatic heterocycles. The van der Waals surface area contributed by atoms with Crippen molar-refractivity contribution in [3.8, 4) is 0 Å². The number of likely N-dealkylation sites (N-methyl/N-ethyl adjacent to an activating group) is 1. The van der Waals surface area contributed by atoms with E-state index < -0.39 is 0 Å². The van der Waals surface area contributed by atoms with Crippen molar-refractivity contribution >= 4 is 58.0 Å². The Labute approximate surface area is 266 Å². The van der Waals surface area contributed by atoms with Gasteiger partial charge in [-0.25, -0.2) is 9.67 Å². The maximum Gasteiger partial charge on any atom is 0.253 e. The minimum Gasteiger partial charge on any atom is -0.369 e. The van der Waals surface area contributed by atoms with Gasteiger partial charge in [0, 0.05) is 67.0 Å². The van der Waals surface area contributed by atoms with E-state index in [1.54, 1.807) is 42.8 Å². The lowest BCUT2D eigenvalue weighted by Crippen LogP contribution is -2.47. The fourth-order valence-corrected chi connectivity index (χ4v) is 6.27. The molecule has 1 amide bonds.